The van der Waals surface area contributed by atoms with Crippen LogP contribution < -0.4 is 4.90 Å². The highest BCUT2D eigenvalue weighted by atomic mass is 19.4. The third kappa shape index (κ3) is 2.98. The molecule has 1 fully saturated rings. The van der Waals surface area contributed by atoms with Crippen LogP contribution in [-0.4, -0.2) is 33.3 Å². The lowest BCUT2D eigenvalue weighted by Crippen LogP contribution is -2.34. The number of piperidine rings is 1. The normalized spacial score (nSPS) is 17.2. The Kier molecular flexibility index (Phi) is 3.52. The zero-order valence-electron chi connectivity index (χ0n) is 11.1. The van der Waals surface area contributed by atoms with E-state index in [1.165, 1.54) is 0 Å². The summed E-state index contributed by atoms with van der Waals surface area (Å²) in [5, 5.41) is 6.87. The second kappa shape index (κ2) is 5.34. The van der Waals surface area contributed by atoms with Crippen LogP contribution in [0.15, 0.2) is 24.5 Å². The highest BCUT2D eigenvalue weighted by molar-refractivity contribution is 5.32. The van der Waals surface area contributed by atoms with Crippen molar-refractivity contribution in [2.75, 3.05) is 18.0 Å². The summed E-state index contributed by atoms with van der Waals surface area (Å²) in [6.07, 6.45) is 0.0965. The number of hydrogen-bond donors (Lipinski definition) is 1. The molecule has 2 aromatic rings. The minimum atomic E-state index is -4.44. The molecule has 3 heterocycles. The summed E-state index contributed by atoms with van der Waals surface area (Å²) < 4.78 is 38.0. The van der Waals surface area contributed by atoms with Crippen LogP contribution >= 0.6 is 0 Å². The number of nitrogens with one attached hydrogen (secondary N) is 1. The van der Waals surface area contributed by atoms with Gasteiger partial charge in [-0.1, -0.05) is 0 Å². The first-order chi connectivity index (χ1) is 10.0. The predicted octanol–water partition coefficient (Wildman–Crippen LogP) is 2.60. The summed E-state index contributed by atoms with van der Waals surface area (Å²) in [6.45, 7) is 1.26. The molecule has 1 aliphatic rings. The Morgan fingerprint density at radius 3 is 2.52 bits per heavy atom. The van der Waals surface area contributed by atoms with Crippen LogP contribution in [0.5, 0.6) is 0 Å². The monoisotopic (exact) mass is 297 g/mol. The average Bonchev–Trinajstić information content (AvgIpc) is 3.01. The van der Waals surface area contributed by atoms with E-state index in [0.29, 0.717) is 19.0 Å². The highest BCUT2D eigenvalue weighted by Gasteiger charge is 2.33. The molecule has 0 radical (unpaired) electrons. The maximum atomic E-state index is 12.7. The van der Waals surface area contributed by atoms with Crippen molar-refractivity contribution in [3.63, 3.8) is 0 Å². The van der Waals surface area contributed by atoms with Crippen LogP contribution in [0.3, 0.4) is 0 Å². The summed E-state index contributed by atoms with van der Waals surface area (Å²) in [4.78, 5) is 9.38. The molecular formula is C13H14F3N5. The highest BCUT2D eigenvalue weighted by Crippen LogP contribution is 2.30. The van der Waals surface area contributed by atoms with Crippen molar-refractivity contribution in [1.29, 1.82) is 0 Å². The van der Waals surface area contributed by atoms with Crippen LogP contribution in [0.4, 0.5) is 19.1 Å². The van der Waals surface area contributed by atoms with E-state index in [0.717, 1.165) is 30.8 Å². The Morgan fingerprint density at radius 2 is 1.90 bits per heavy atom. The van der Waals surface area contributed by atoms with Gasteiger partial charge in [-0.25, -0.2) is 9.97 Å². The van der Waals surface area contributed by atoms with Gasteiger partial charge in [-0.15, -0.1) is 0 Å². The quantitative estimate of drug-likeness (QED) is 0.925. The second-order valence-corrected chi connectivity index (χ2v) is 5.01. The van der Waals surface area contributed by atoms with Crippen molar-refractivity contribution in [2.45, 2.75) is 24.9 Å². The number of alkyl halides is 3. The molecule has 1 N–H and O–H groups in total. The third-order valence-electron chi connectivity index (χ3n) is 3.67. The van der Waals surface area contributed by atoms with Crippen molar-refractivity contribution >= 4 is 5.95 Å². The Morgan fingerprint density at radius 1 is 1.14 bits per heavy atom. The summed E-state index contributed by atoms with van der Waals surface area (Å²) in [5.74, 6) is 0.502. The Hall–Kier alpha value is -2.12. The zero-order chi connectivity index (χ0) is 14.9. The maximum absolute atomic E-state index is 12.7. The van der Waals surface area contributed by atoms with E-state index < -0.39 is 11.9 Å². The Bertz CT molecular complexity index is 588. The molecule has 21 heavy (non-hydrogen) atoms. The van der Waals surface area contributed by atoms with Crippen molar-refractivity contribution in [2.24, 2.45) is 0 Å². The second-order valence-electron chi connectivity index (χ2n) is 5.01. The van der Waals surface area contributed by atoms with Crippen molar-refractivity contribution < 1.29 is 13.2 Å². The SMILES string of the molecule is FC(F)(F)c1ccnc(N2CCC(c3ccn[nH]3)CC2)n1. The van der Waals surface area contributed by atoms with Gasteiger partial charge in [0.1, 0.15) is 5.69 Å². The summed E-state index contributed by atoms with van der Waals surface area (Å²) in [6, 6.07) is 2.82. The van der Waals surface area contributed by atoms with Gasteiger partial charge < -0.3 is 4.90 Å². The molecule has 2 aromatic heterocycles. The van der Waals surface area contributed by atoms with E-state index in [1.54, 1.807) is 11.1 Å². The van der Waals surface area contributed by atoms with Crippen LogP contribution in [-0.2, 0) is 6.18 Å². The summed E-state index contributed by atoms with van der Waals surface area (Å²) in [7, 11) is 0. The lowest BCUT2D eigenvalue weighted by atomic mass is 9.94. The molecule has 5 nitrogen and oxygen atoms in total. The molecule has 0 aliphatic carbocycles. The van der Waals surface area contributed by atoms with Gasteiger partial charge in [-0.3, -0.25) is 5.10 Å². The lowest BCUT2D eigenvalue weighted by Gasteiger charge is -2.31. The first-order valence-electron chi connectivity index (χ1n) is 6.68. The van der Waals surface area contributed by atoms with Crippen molar-refractivity contribution in [1.82, 2.24) is 20.2 Å². The van der Waals surface area contributed by atoms with Gasteiger partial charge in [0, 0.05) is 37.1 Å². The molecule has 0 bridgehead atoms. The number of nitrogens with zero attached hydrogens (tertiary/aromatic N) is 4. The van der Waals surface area contributed by atoms with E-state index in [4.69, 9.17) is 0 Å². The molecule has 8 heteroatoms. The Balaban J connectivity index is 1.70. The first-order valence-corrected chi connectivity index (χ1v) is 6.68. The average molecular weight is 297 g/mol. The van der Waals surface area contributed by atoms with Gasteiger partial charge in [0.2, 0.25) is 5.95 Å². The molecule has 0 amide bonds. The first kappa shape index (κ1) is 13.8. The van der Waals surface area contributed by atoms with Crippen LogP contribution in [0.2, 0.25) is 0 Å². The number of H-pyrrole nitrogens is 1. The topological polar surface area (TPSA) is 57.7 Å². The number of rotatable bonds is 2. The van der Waals surface area contributed by atoms with Crippen LogP contribution in [0, 0.1) is 0 Å². The van der Waals surface area contributed by atoms with E-state index in [-0.39, 0.29) is 5.95 Å². The van der Waals surface area contributed by atoms with Crippen LogP contribution in [0.25, 0.3) is 0 Å². The standard InChI is InChI=1S/C13H14F3N5/c14-13(15,16)11-2-5-17-12(19-11)21-7-3-9(4-8-21)10-1-6-18-20-10/h1-2,5-6,9H,3-4,7-8H2,(H,18,20). The number of anilines is 1. The van der Waals surface area contributed by atoms with Gasteiger partial charge >= 0.3 is 6.18 Å². The number of aromatic amines is 1. The molecule has 0 saturated carbocycles. The van der Waals surface area contributed by atoms with Crippen molar-refractivity contribution in [3.05, 3.63) is 35.9 Å². The number of hydrogen-bond acceptors (Lipinski definition) is 4. The van der Waals surface area contributed by atoms with Gasteiger partial charge in [0.15, 0.2) is 0 Å². The number of aromatic nitrogens is 4. The van der Waals surface area contributed by atoms with Gasteiger partial charge in [0.25, 0.3) is 0 Å². The molecule has 1 saturated heterocycles. The largest absolute Gasteiger partial charge is 0.433 e. The fraction of sp³-hybridized carbons (Fsp3) is 0.462. The van der Waals surface area contributed by atoms with E-state index in [2.05, 4.69) is 20.2 Å². The van der Waals surface area contributed by atoms with E-state index in [9.17, 15) is 13.2 Å². The third-order valence-corrected chi connectivity index (χ3v) is 3.67. The fourth-order valence-corrected chi connectivity index (χ4v) is 2.54. The molecule has 0 aromatic carbocycles. The summed E-state index contributed by atoms with van der Waals surface area (Å²) in [5.41, 5.74) is 0.169. The molecule has 0 spiro atoms. The molecule has 112 valence electrons. The zero-order valence-corrected chi connectivity index (χ0v) is 11.1. The number of halogens is 3. The fourth-order valence-electron chi connectivity index (χ4n) is 2.54. The molecule has 0 unspecified atom stereocenters. The molecular weight excluding hydrogens is 283 g/mol. The minimum Gasteiger partial charge on any atom is -0.341 e. The van der Waals surface area contributed by atoms with Gasteiger partial charge in [-0.2, -0.15) is 18.3 Å². The summed E-state index contributed by atoms with van der Waals surface area (Å²) >= 11 is 0. The minimum absolute atomic E-state index is 0.146. The lowest BCUT2D eigenvalue weighted by molar-refractivity contribution is -0.141. The Labute approximate surface area is 119 Å². The van der Waals surface area contributed by atoms with E-state index >= 15 is 0 Å². The van der Waals surface area contributed by atoms with Gasteiger partial charge in [-0.05, 0) is 25.0 Å². The van der Waals surface area contributed by atoms with Gasteiger partial charge in [0.05, 0.1) is 0 Å². The molecule has 0 atom stereocenters. The van der Waals surface area contributed by atoms with Crippen molar-refractivity contribution in [3.8, 4) is 0 Å². The van der Waals surface area contributed by atoms with Crippen LogP contribution in [0.1, 0.15) is 30.1 Å². The smallest absolute Gasteiger partial charge is 0.341 e. The maximum Gasteiger partial charge on any atom is 0.433 e. The molecule has 3 rings (SSSR count). The molecule has 1 aliphatic heterocycles. The van der Waals surface area contributed by atoms with E-state index in [1.807, 2.05) is 6.07 Å². The predicted molar refractivity (Wildman–Crippen MR) is 69.8 cm³/mol.